The first-order chi connectivity index (χ1) is 13.6. The minimum atomic E-state index is -0.683. The number of benzene rings is 1. The lowest BCUT2D eigenvalue weighted by Crippen LogP contribution is -2.45. The van der Waals surface area contributed by atoms with Crippen LogP contribution in [0.25, 0.3) is 11.1 Å². The van der Waals surface area contributed by atoms with Gasteiger partial charge in [0.25, 0.3) is 0 Å². The summed E-state index contributed by atoms with van der Waals surface area (Å²) >= 11 is 0. The highest BCUT2D eigenvalue weighted by Gasteiger charge is 2.26. The number of carbonyl (C=O) groups excluding carboxylic acids is 1. The van der Waals surface area contributed by atoms with Crippen molar-refractivity contribution >= 4 is 30.7 Å². The molecule has 4 rings (SSSR count). The number of rotatable bonds is 4. The van der Waals surface area contributed by atoms with E-state index >= 15 is 0 Å². The fraction of sp³-hybridized carbons (Fsp3) is 0.250. The number of hydrogen-bond acceptors (Lipinski definition) is 6. The van der Waals surface area contributed by atoms with Crippen LogP contribution in [0.5, 0.6) is 11.5 Å². The molecule has 10 heteroatoms. The first-order valence-electron chi connectivity index (χ1n) is 9.02. The molecule has 0 aliphatic carbocycles. The lowest BCUT2D eigenvalue weighted by Gasteiger charge is -2.23. The van der Waals surface area contributed by atoms with E-state index in [-0.39, 0.29) is 43.1 Å². The Labute approximate surface area is 186 Å². The number of aromatic nitrogens is 3. The number of halogens is 2. The number of pyridine rings is 1. The van der Waals surface area contributed by atoms with Gasteiger partial charge in [0.05, 0.1) is 18.9 Å². The molecular weight excluding hydrogens is 429 g/mol. The van der Waals surface area contributed by atoms with Crippen molar-refractivity contribution in [2.24, 2.45) is 5.73 Å². The summed E-state index contributed by atoms with van der Waals surface area (Å²) in [6.07, 6.45) is 7.01. The Kier molecular flexibility index (Phi) is 8.05. The lowest BCUT2D eigenvalue weighted by atomic mass is 10.0. The topological polar surface area (TPSA) is 117 Å². The van der Waals surface area contributed by atoms with Crippen molar-refractivity contribution in [3.63, 3.8) is 0 Å². The molecule has 1 aliphatic heterocycles. The molecular formula is C20H23Cl2N5O3. The molecule has 3 heterocycles. The van der Waals surface area contributed by atoms with E-state index in [1.54, 1.807) is 35.9 Å². The first-order valence-corrected chi connectivity index (χ1v) is 9.02. The number of phenolic OH excluding ortho intramolecular Hbond substituents is 1. The number of aromatic amines is 1. The summed E-state index contributed by atoms with van der Waals surface area (Å²) in [5.41, 5.74) is 9.35. The van der Waals surface area contributed by atoms with E-state index < -0.39 is 6.04 Å². The predicted molar refractivity (Wildman–Crippen MR) is 117 cm³/mol. The number of nitrogens with two attached hydrogens (primary N) is 1. The SMILES string of the molecule is Cl.Cl.N[C@@H](Cc1cnc[nH]1)C(=O)N1CCOc2c(O)cc(-c3cccnc3)cc2C1. The van der Waals surface area contributed by atoms with Gasteiger partial charge in [0, 0.05) is 48.4 Å². The molecule has 0 fully saturated rings. The minimum absolute atomic E-state index is 0. The van der Waals surface area contributed by atoms with Gasteiger partial charge in [0.1, 0.15) is 6.61 Å². The zero-order valence-electron chi connectivity index (χ0n) is 16.0. The number of phenols is 1. The fourth-order valence-corrected chi connectivity index (χ4v) is 3.34. The molecule has 160 valence electrons. The smallest absolute Gasteiger partial charge is 0.240 e. The van der Waals surface area contributed by atoms with Crippen LogP contribution in [0.4, 0.5) is 0 Å². The van der Waals surface area contributed by atoms with Gasteiger partial charge in [-0.1, -0.05) is 6.07 Å². The van der Waals surface area contributed by atoms with Crippen molar-refractivity contribution < 1.29 is 14.6 Å². The summed E-state index contributed by atoms with van der Waals surface area (Å²) in [4.78, 5) is 25.6. The second kappa shape index (κ2) is 10.3. The van der Waals surface area contributed by atoms with Gasteiger partial charge in [-0.25, -0.2) is 4.98 Å². The molecule has 30 heavy (non-hydrogen) atoms. The van der Waals surface area contributed by atoms with Crippen LogP contribution in [0, 0.1) is 0 Å². The van der Waals surface area contributed by atoms with E-state index in [1.807, 2.05) is 18.2 Å². The van der Waals surface area contributed by atoms with Crippen molar-refractivity contribution in [1.29, 1.82) is 0 Å². The Hall–Kier alpha value is -2.81. The number of nitrogens with zero attached hydrogens (tertiary/aromatic N) is 3. The summed E-state index contributed by atoms with van der Waals surface area (Å²) in [7, 11) is 0. The zero-order valence-corrected chi connectivity index (χ0v) is 17.7. The van der Waals surface area contributed by atoms with Gasteiger partial charge >= 0.3 is 0 Å². The van der Waals surface area contributed by atoms with Crippen LogP contribution >= 0.6 is 24.8 Å². The van der Waals surface area contributed by atoms with Gasteiger partial charge in [0.15, 0.2) is 11.5 Å². The van der Waals surface area contributed by atoms with E-state index in [4.69, 9.17) is 10.5 Å². The molecule has 8 nitrogen and oxygen atoms in total. The van der Waals surface area contributed by atoms with Crippen molar-refractivity contribution in [2.75, 3.05) is 13.2 Å². The average Bonchev–Trinajstić information content (AvgIpc) is 3.11. The molecule has 1 amide bonds. The minimum Gasteiger partial charge on any atom is -0.504 e. The molecule has 3 aromatic rings. The third kappa shape index (κ3) is 5.02. The van der Waals surface area contributed by atoms with E-state index in [9.17, 15) is 9.90 Å². The summed E-state index contributed by atoms with van der Waals surface area (Å²) in [5.74, 6) is 0.287. The molecule has 4 N–H and O–H groups in total. The number of nitrogens with one attached hydrogen (secondary N) is 1. The highest BCUT2D eigenvalue weighted by molar-refractivity contribution is 5.85. The second-order valence-corrected chi connectivity index (χ2v) is 6.72. The maximum Gasteiger partial charge on any atom is 0.240 e. The number of aromatic hydroxyl groups is 1. The molecule has 0 saturated carbocycles. The van der Waals surface area contributed by atoms with Crippen LogP contribution in [0.15, 0.2) is 49.2 Å². The third-order valence-corrected chi connectivity index (χ3v) is 4.73. The van der Waals surface area contributed by atoms with Crippen LogP contribution in [0.3, 0.4) is 0 Å². The quantitative estimate of drug-likeness (QED) is 0.559. The van der Waals surface area contributed by atoms with E-state index in [1.165, 1.54) is 0 Å². The van der Waals surface area contributed by atoms with Gasteiger partial charge in [-0.2, -0.15) is 0 Å². The third-order valence-electron chi connectivity index (χ3n) is 4.73. The Morgan fingerprint density at radius 1 is 1.27 bits per heavy atom. The number of hydrogen-bond donors (Lipinski definition) is 3. The monoisotopic (exact) mass is 451 g/mol. The summed E-state index contributed by atoms with van der Waals surface area (Å²) in [6, 6.07) is 6.63. The van der Waals surface area contributed by atoms with E-state index in [2.05, 4.69) is 15.0 Å². The molecule has 2 aromatic heterocycles. The Morgan fingerprint density at radius 2 is 2.10 bits per heavy atom. The van der Waals surface area contributed by atoms with Crippen molar-refractivity contribution in [1.82, 2.24) is 19.9 Å². The Balaban J connectivity index is 0.00000160. The van der Waals surface area contributed by atoms with Gasteiger partial charge in [0.2, 0.25) is 5.91 Å². The van der Waals surface area contributed by atoms with Gasteiger partial charge in [-0.05, 0) is 23.8 Å². The molecule has 1 atom stereocenters. The second-order valence-electron chi connectivity index (χ2n) is 6.72. The maximum atomic E-state index is 12.9. The number of fused-ring (bicyclic) bond motifs is 1. The number of H-pyrrole nitrogens is 1. The van der Waals surface area contributed by atoms with E-state index in [0.717, 1.165) is 22.4 Å². The van der Waals surface area contributed by atoms with Gasteiger partial charge in [-0.3, -0.25) is 9.78 Å². The number of ether oxygens (including phenoxy) is 1. The molecule has 1 aromatic carbocycles. The number of carbonyl (C=O) groups is 1. The van der Waals surface area contributed by atoms with Crippen LogP contribution < -0.4 is 10.5 Å². The summed E-state index contributed by atoms with van der Waals surface area (Å²) in [6.45, 7) is 0.994. The number of imidazole rings is 1. The molecule has 0 saturated heterocycles. The standard InChI is InChI=1S/C20H21N5O3.2ClH/c21-17(8-16-10-23-12-24-16)20(27)25-4-5-28-19-15(11-25)6-14(7-18(19)26)13-2-1-3-22-9-13;;/h1-3,6-7,9-10,12,17,26H,4-5,8,11,21H2,(H,23,24);2*1H/t17-;;/m0../s1. The van der Waals surface area contributed by atoms with Gasteiger partial charge < -0.3 is 25.5 Å². The van der Waals surface area contributed by atoms with Crippen molar-refractivity contribution in [3.05, 3.63) is 60.4 Å². The summed E-state index contributed by atoms with van der Waals surface area (Å²) < 4.78 is 5.72. The molecule has 0 spiro atoms. The normalized spacial score (nSPS) is 13.7. The Morgan fingerprint density at radius 3 is 2.80 bits per heavy atom. The van der Waals surface area contributed by atoms with Crippen LogP contribution in [0.2, 0.25) is 0 Å². The summed E-state index contributed by atoms with van der Waals surface area (Å²) in [5, 5.41) is 10.4. The van der Waals surface area contributed by atoms with Crippen molar-refractivity contribution in [2.45, 2.75) is 19.0 Å². The van der Waals surface area contributed by atoms with Crippen molar-refractivity contribution in [3.8, 4) is 22.6 Å². The first kappa shape index (κ1) is 23.5. The van der Waals surface area contributed by atoms with E-state index in [0.29, 0.717) is 25.3 Å². The maximum absolute atomic E-state index is 12.9. The highest BCUT2D eigenvalue weighted by atomic mass is 35.5. The highest BCUT2D eigenvalue weighted by Crippen LogP contribution is 2.37. The van der Waals surface area contributed by atoms with Gasteiger partial charge in [-0.15, -0.1) is 24.8 Å². The lowest BCUT2D eigenvalue weighted by molar-refractivity contribution is -0.133. The molecule has 0 radical (unpaired) electrons. The van der Waals surface area contributed by atoms with Crippen LogP contribution in [-0.4, -0.2) is 50.1 Å². The fourth-order valence-electron chi connectivity index (χ4n) is 3.34. The zero-order chi connectivity index (χ0) is 19.5. The average molecular weight is 452 g/mol. The van der Waals surface area contributed by atoms with Crippen LogP contribution in [0.1, 0.15) is 11.3 Å². The Bertz CT molecular complexity index is 970. The molecule has 0 bridgehead atoms. The largest absolute Gasteiger partial charge is 0.504 e. The molecule has 1 aliphatic rings. The van der Waals surface area contributed by atoms with Crippen LogP contribution in [-0.2, 0) is 17.8 Å². The number of amides is 1. The molecule has 0 unspecified atom stereocenters. The predicted octanol–water partition coefficient (Wildman–Crippen LogP) is 2.31.